The molecule has 7 heteroatoms. The summed E-state index contributed by atoms with van der Waals surface area (Å²) in [5.74, 6) is -0.351. The Bertz CT molecular complexity index is 859. The van der Waals surface area contributed by atoms with Crippen LogP contribution in [0.2, 0.25) is 0 Å². The molecule has 1 saturated heterocycles. The topological polar surface area (TPSA) is 78.4 Å². The lowest BCUT2D eigenvalue weighted by atomic mass is 10.0. The number of amides is 2. The van der Waals surface area contributed by atoms with Gasteiger partial charge < -0.3 is 14.8 Å². The van der Waals surface area contributed by atoms with Gasteiger partial charge in [0, 0.05) is 26.2 Å². The van der Waals surface area contributed by atoms with Crippen LogP contribution in [-0.4, -0.2) is 57.8 Å². The average Bonchev–Trinajstić information content (AvgIpc) is 2.96. The molecule has 0 bridgehead atoms. The number of carbonyl (C=O) groups excluding carboxylic acids is 2. The van der Waals surface area contributed by atoms with Crippen molar-refractivity contribution >= 4 is 22.8 Å². The highest BCUT2D eigenvalue weighted by Crippen LogP contribution is 2.24. The molecule has 2 amide bonds. The van der Waals surface area contributed by atoms with Crippen molar-refractivity contribution in [3.63, 3.8) is 0 Å². The van der Waals surface area contributed by atoms with Crippen LogP contribution in [0.25, 0.3) is 11.0 Å². The summed E-state index contributed by atoms with van der Waals surface area (Å²) < 4.78 is 1.80. The van der Waals surface area contributed by atoms with Crippen LogP contribution in [-0.2, 0) is 9.59 Å². The number of nitrogens with one attached hydrogen (secondary N) is 1. The zero-order valence-corrected chi connectivity index (χ0v) is 14.3. The molecule has 2 heterocycles. The molecule has 1 fully saturated rings. The number of piperidine rings is 1. The van der Waals surface area contributed by atoms with Gasteiger partial charge in [-0.15, -0.1) is 0 Å². The summed E-state index contributed by atoms with van der Waals surface area (Å²) in [5.41, 5.74) is 1.62. The molecule has 1 aliphatic rings. The van der Waals surface area contributed by atoms with E-state index >= 15 is 0 Å². The second-order valence-corrected chi connectivity index (χ2v) is 6.33. The number of rotatable bonds is 4. The van der Waals surface area contributed by atoms with Gasteiger partial charge in [0.2, 0.25) is 11.8 Å². The van der Waals surface area contributed by atoms with E-state index in [0.717, 1.165) is 11.0 Å². The third-order valence-corrected chi connectivity index (χ3v) is 4.73. The highest BCUT2D eigenvalue weighted by atomic mass is 16.2. The van der Waals surface area contributed by atoms with Crippen LogP contribution in [0.1, 0.15) is 18.9 Å². The number of imidazole rings is 1. The van der Waals surface area contributed by atoms with Crippen LogP contribution in [0.15, 0.2) is 41.7 Å². The van der Waals surface area contributed by atoms with E-state index in [9.17, 15) is 14.4 Å². The van der Waals surface area contributed by atoms with Crippen molar-refractivity contribution in [3.05, 3.63) is 47.4 Å². The molecule has 3 rings (SSSR count). The molecule has 0 saturated carbocycles. The van der Waals surface area contributed by atoms with Gasteiger partial charge in [-0.05, 0) is 31.1 Å². The van der Waals surface area contributed by atoms with Crippen LogP contribution >= 0.6 is 0 Å². The van der Waals surface area contributed by atoms with Crippen molar-refractivity contribution in [1.29, 1.82) is 0 Å². The Hall–Kier alpha value is -2.83. The summed E-state index contributed by atoms with van der Waals surface area (Å²) >= 11 is 0. The van der Waals surface area contributed by atoms with Crippen molar-refractivity contribution in [2.75, 3.05) is 26.7 Å². The van der Waals surface area contributed by atoms with Gasteiger partial charge in [0.05, 0.1) is 17.6 Å². The van der Waals surface area contributed by atoms with Crippen LogP contribution < -0.4 is 5.69 Å². The largest absolute Gasteiger partial charge is 0.341 e. The van der Waals surface area contributed by atoms with E-state index < -0.39 is 0 Å². The lowest BCUT2D eigenvalue weighted by Gasteiger charge is -2.33. The molecule has 1 aromatic carbocycles. The number of hydrogen-bond acceptors (Lipinski definition) is 3. The summed E-state index contributed by atoms with van der Waals surface area (Å²) in [5, 5.41) is 0. The van der Waals surface area contributed by atoms with Gasteiger partial charge in [0.1, 0.15) is 0 Å². The van der Waals surface area contributed by atoms with Crippen molar-refractivity contribution in [2.45, 2.75) is 18.9 Å². The molecule has 2 aromatic rings. The molecule has 1 aliphatic heterocycles. The van der Waals surface area contributed by atoms with Crippen LogP contribution in [0, 0.1) is 0 Å². The Labute approximate surface area is 145 Å². The fraction of sp³-hybridized carbons (Fsp3) is 0.389. The van der Waals surface area contributed by atoms with E-state index in [1.807, 2.05) is 24.3 Å². The quantitative estimate of drug-likeness (QED) is 0.846. The second kappa shape index (κ2) is 6.96. The molecule has 0 atom stereocenters. The number of hydrogen-bond donors (Lipinski definition) is 1. The zero-order chi connectivity index (χ0) is 18.0. The molecular formula is C18H22N4O3. The predicted molar refractivity (Wildman–Crippen MR) is 95.2 cm³/mol. The molecule has 0 unspecified atom stereocenters. The highest BCUT2D eigenvalue weighted by Gasteiger charge is 2.26. The number of para-hydroxylation sites is 2. The molecule has 1 N–H and O–H groups in total. The summed E-state index contributed by atoms with van der Waals surface area (Å²) in [6, 6.07) is 7.70. The van der Waals surface area contributed by atoms with Crippen molar-refractivity contribution in [2.24, 2.45) is 0 Å². The molecule has 132 valence electrons. The minimum absolute atomic E-state index is 0.0442. The van der Waals surface area contributed by atoms with E-state index in [0.29, 0.717) is 25.9 Å². The number of benzene rings is 1. The Morgan fingerprint density at radius 2 is 2.00 bits per heavy atom. The van der Waals surface area contributed by atoms with Crippen molar-refractivity contribution < 1.29 is 9.59 Å². The van der Waals surface area contributed by atoms with Gasteiger partial charge in [-0.1, -0.05) is 18.7 Å². The number of aromatic amines is 1. The Morgan fingerprint density at radius 1 is 1.32 bits per heavy atom. The maximum atomic E-state index is 12.3. The molecule has 25 heavy (non-hydrogen) atoms. The van der Waals surface area contributed by atoms with Gasteiger partial charge in [0.15, 0.2) is 0 Å². The third kappa shape index (κ3) is 3.35. The Morgan fingerprint density at radius 3 is 2.68 bits per heavy atom. The van der Waals surface area contributed by atoms with Gasteiger partial charge >= 0.3 is 5.69 Å². The first-order valence-electron chi connectivity index (χ1n) is 8.36. The number of likely N-dealkylation sites (tertiary alicyclic amines) is 1. The molecule has 1 aromatic heterocycles. The van der Waals surface area contributed by atoms with E-state index in [1.54, 1.807) is 16.5 Å². The molecular weight excluding hydrogens is 320 g/mol. The smallest absolute Gasteiger partial charge is 0.326 e. The number of H-pyrrole nitrogens is 1. The monoisotopic (exact) mass is 342 g/mol. The number of likely N-dealkylation sites (N-methyl/N-ethyl adjacent to an activating group) is 1. The summed E-state index contributed by atoms with van der Waals surface area (Å²) in [7, 11) is 1.58. The maximum absolute atomic E-state index is 12.3. The standard InChI is InChI=1S/C18H22N4O3/c1-3-16(23)20(2)12-17(24)21-10-8-13(9-11-21)22-15-7-5-4-6-14(15)19-18(22)25/h3-7,13H,1,8-12H2,2H3,(H,19,25). The van der Waals surface area contributed by atoms with E-state index in [-0.39, 0.29) is 30.1 Å². The van der Waals surface area contributed by atoms with Crippen LogP contribution in [0.5, 0.6) is 0 Å². The molecule has 0 aliphatic carbocycles. The van der Waals surface area contributed by atoms with Crippen molar-refractivity contribution in [3.8, 4) is 0 Å². The fourth-order valence-corrected chi connectivity index (χ4v) is 3.35. The fourth-order valence-electron chi connectivity index (χ4n) is 3.35. The SMILES string of the molecule is C=CC(=O)N(C)CC(=O)N1CCC(n2c(=O)[nH]c3ccccc32)CC1. The van der Waals surface area contributed by atoms with Crippen LogP contribution in [0.4, 0.5) is 0 Å². The van der Waals surface area contributed by atoms with Crippen LogP contribution in [0.3, 0.4) is 0 Å². The summed E-state index contributed by atoms with van der Waals surface area (Å²) in [6.07, 6.45) is 2.63. The maximum Gasteiger partial charge on any atom is 0.326 e. The van der Waals surface area contributed by atoms with E-state index in [2.05, 4.69) is 11.6 Å². The van der Waals surface area contributed by atoms with Gasteiger partial charge in [0.25, 0.3) is 0 Å². The van der Waals surface area contributed by atoms with E-state index in [4.69, 9.17) is 0 Å². The molecule has 7 nitrogen and oxygen atoms in total. The Kier molecular flexibility index (Phi) is 4.74. The molecule has 0 spiro atoms. The number of carbonyl (C=O) groups is 2. The number of nitrogens with zero attached hydrogens (tertiary/aromatic N) is 3. The van der Waals surface area contributed by atoms with Gasteiger partial charge in [-0.3, -0.25) is 14.2 Å². The number of aromatic nitrogens is 2. The lowest BCUT2D eigenvalue weighted by Crippen LogP contribution is -2.45. The van der Waals surface area contributed by atoms with Crippen molar-refractivity contribution in [1.82, 2.24) is 19.4 Å². The number of fused-ring (bicyclic) bond motifs is 1. The minimum atomic E-state index is -0.270. The van der Waals surface area contributed by atoms with Gasteiger partial charge in [-0.2, -0.15) is 0 Å². The van der Waals surface area contributed by atoms with E-state index in [1.165, 1.54) is 11.0 Å². The zero-order valence-electron chi connectivity index (χ0n) is 14.3. The molecule has 0 radical (unpaired) electrons. The highest BCUT2D eigenvalue weighted by molar-refractivity contribution is 5.90. The first-order chi connectivity index (χ1) is 12.0. The summed E-state index contributed by atoms with van der Waals surface area (Å²) in [6.45, 7) is 4.62. The average molecular weight is 342 g/mol. The third-order valence-electron chi connectivity index (χ3n) is 4.73. The predicted octanol–water partition coefficient (Wildman–Crippen LogP) is 1.14. The summed E-state index contributed by atoms with van der Waals surface area (Å²) in [4.78, 5) is 42.1. The first kappa shape index (κ1) is 17.0. The Balaban J connectivity index is 1.66. The first-order valence-corrected chi connectivity index (χ1v) is 8.36. The minimum Gasteiger partial charge on any atom is -0.341 e. The normalized spacial score (nSPS) is 15.3. The lowest BCUT2D eigenvalue weighted by molar-refractivity contribution is -0.138. The van der Waals surface area contributed by atoms with Gasteiger partial charge in [-0.25, -0.2) is 4.79 Å². The second-order valence-electron chi connectivity index (χ2n) is 6.33.